The zero-order valence-corrected chi connectivity index (χ0v) is 12.6. The summed E-state index contributed by atoms with van der Waals surface area (Å²) < 4.78 is 0. The minimum atomic E-state index is -0.0240. The van der Waals surface area contributed by atoms with E-state index in [1.807, 2.05) is 0 Å². The van der Waals surface area contributed by atoms with E-state index in [1.165, 1.54) is 38.5 Å². The molecule has 2 amide bonds. The average Bonchev–Trinajstić information content (AvgIpc) is 2.83. The van der Waals surface area contributed by atoms with E-state index >= 15 is 0 Å². The molecule has 114 valence electrons. The quantitative estimate of drug-likeness (QED) is 0.820. The minimum Gasteiger partial charge on any atom is -0.334 e. The summed E-state index contributed by atoms with van der Waals surface area (Å²) in [7, 11) is 0. The summed E-state index contributed by atoms with van der Waals surface area (Å²) >= 11 is 0. The Kier molecular flexibility index (Phi) is 3.13. The predicted molar refractivity (Wildman–Crippen MR) is 79.3 cm³/mol. The maximum atomic E-state index is 12.4. The van der Waals surface area contributed by atoms with Crippen molar-refractivity contribution in [2.75, 3.05) is 0 Å². The molecule has 0 aromatic heterocycles. The lowest BCUT2D eigenvalue weighted by Crippen LogP contribution is -2.62. The van der Waals surface area contributed by atoms with Crippen LogP contribution >= 0.6 is 0 Å². The normalized spacial score (nSPS) is 47.1. The lowest BCUT2D eigenvalue weighted by Gasteiger charge is -2.56. The second kappa shape index (κ2) is 4.90. The summed E-state index contributed by atoms with van der Waals surface area (Å²) in [5.41, 5.74) is 0.0690. The molecule has 0 aromatic rings. The fourth-order valence-corrected chi connectivity index (χ4v) is 6.00. The van der Waals surface area contributed by atoms with Gasteiger partial charge in [0.2, 0.25) is 0 Å². The third kappa shape index (κ3) is 2.41. The molecule has 5 aliphatic carbocycles. The molecule has 2 N–H and O–H groups in total. The Morgan fingerprint density at radius 1 is 1.05 bits per heavy atom. The maximum absolute atomic E-state index is 12.4. The summed E-state index contributed by atoms with van der Waals surface area (Å²) in [6.45, 7) is 0. The van der Waals surface area contributed by atoms with Crippen LogP contribution in [0.25, 0.3) is 0 Å². The lowest BCUT2D eigenvalue weighted by atomic mass is 9.53. The van der Waals surface area contributed by atoms with Crippen LogP contribution in [0.3, 0.4) is 0 Å². The van der Waals surface area contributed by atoms with Gasteiger partial charge in [0.05, 0.1) is 12.0 Å². The summed E-state index contributed by atoms with van der Waals surface area (Å²) in [5.74, 6) is 2.53. The summed E-state index contributed by atoms with van der Waals surface area (Å²) in [5, 5.41) is 15.5. The fraction of sp³-hybridized carbons (Fsp3) is 0.882. The number of hydrogen-bond acceptors (Lipinski definition) is 2. The maximum Gasteiger partial charge on any atom is 0.315 e. The van der Waals surface area contributed by atoms with Crippen molar-refractivity contribution in [2.45, 2.75) is 69.4 Å². The Hall–Kier alpha value is -1.24. The van der Waals surface area contributed by atoms with Crippen molar-refractivity contribution in [1.29, 1.82) is 5.26 Å². The van der Waals surface area contributed by atoms with Crippen molar-refractivity contribution in [3.05, 3.63) is 0 Å². The molecule has 5 rings (SSSR count). The van der Waals surface area contributed by atoms with Gasteiger partial charge < -0.3 is 10.6 Å². The first-order chi connectivity index (χ1) is 10.2. The number of rotatable bonds is 2. The molecule has 0 spiro atoms. The van der Waals surface area contributed by atoms with Crippen LogP contribution in [0, 0.1) is 35.0 Å². The molecule has 0 aromatic carbocycles. The molecule has 4 bridgehead atoms. The number of amides is 2. The molecular formula is C17H25N3O. The van der Waals surface area contributed by atoms with Crippen molar-refractivity contribution in [3.8, 4) is 6.07 Å². The van der Waals surface area contributed by atoms with Crippen LogP contribution in [0.15, 0.2) is 0 Å². The largest absolute Gasteiger partial charge is 0.334 e. The number of carbonyl (C=O) groups is 1. The van der Waals surface area contributed by atoms with Gasteiger partial charge in [0.25, 0.3) is 0 Å². The molecule has 0 aliphatic heterocycles. The molecule has 4 nitrogen and oxygen atoms in total. The van der Waals surface area contributed by atoms with Gasteiger partial charge in [0, 0.05) is 11.6 Å². The van der Waals surface area contributed by atoms with Crippen molar-refractivity contribution < 1.29 is 4.79 Å². The van der Waals surface area contributed by atoms with Crippen molar-refractivity contribution in [3.63, 3.8) is 0 Å². The monoisotopic (exact) mass is 287 g/mol. The topological polar surface area (TPSA) is 64.9 Å². The van der Waals surface area contributed by atoms with Crippen molar-refractivity contribution in [2.24, 2.45) is 23.7 Å². The summed E-state index contributed by atoms with van der Waals surface area (Å²) in [4.78, 5) is 12.4. The van der Waals surface area contributed by atoms with E-state index in [2.05, 4.69) is 16.7 Å². The minimum absolute atomic E-state index is 0.00659. The van der Waals surface area contributed by atoms with Crippen LogP contribution in [0.1, 0.15) is 57.8 Å². The number of nitrogens with one attached hydrogen (secondary N) is 2. The lowest BCUT2D eigenvalue weighted by molar-refractivity contribution is -0.0136. The highest BCUT2D eigenvalue weighted by Crippen LogP contribution is 2.55. The third-order valence-electron chi connectivity index (χ3n) is 6.42. The van der Waals surface area contributed by atoms with Crippen LogP contribution in [-0.2, 0) is 0 Å². The highest BCUT2D eigenvalue weighted by Gasteiger charge is 2.51. The van der Waals surface area contributed by atoms with Gasteiger partial charge in [-0.05, 0) is 75.5 Å². The standard InChI is InChI=1S/C17H25N3O/c18-10-14-2-1-3-15(14)19-16(21)20-17-7-11-4-12(8-17)6-13(5-11)9-17/h11-15H,1-9H2,(H2,19,20,21). The first-order valence-corrected chi connectivity index (χ1v) is 8.64. The molecule has 5 aliphatic rings. The zero-order chi connectivity index (χ0) is 14.4. The molecule has 0 heterocycles. The number of nitriles is 1. The molecular weight excluding hydrogens is 262 g/mol. The third-order valence-corrected chi connectivity index (χ3v) is 6.42. The Morgan fingerprint density at radius 3 is 2.24 bits per heavy atom. The van der Waals surface area contributed by atoms with Gasteiger partial charge in [-0.25, -0.2) is 4.79 Å². The van der Waals surface area contributed by atoms with E-state index in [4.69, 9.17) is 5.26 Å². The first-order valence-electron chi connectivity index (χ1n) is 8.64. The van der Waals surface area contributed by atoms with Crippen LogP contribution in [0.5, 0.6) is 0 Å². The molecule has 2 atom stereocenters. The Morgan fingerprint density at radius 2 is 1.67 bits per heavy atom. The SMILES string of the molecule is N#CC1CCCC1NC(=O)NC12CC3CC(CC(C3)C1)C2. The summed E-state index contributed by atoms with van der Waals surface area (Å²) in [6.07, 6.45) is 10.6. The highest BCUT2D eigenvalue weighted by atomic mass is 16.2. The smallest absolute Gasteiger partial charge is 0.315 e. The molecule has 0 radical (unpaired) electrons. The second-order valence-corrected chi connectivity index (χ2v) is 8.07. The molecule has 5 saturated carbocycles. The van der Waals surface area contributed by atoms with Gasteiger partial charge in [-0.15, -0.1) is 0 Å². The van der Waals surface area contributed by atoms with E-state index in [-0.39, 0.29) is 23.5 Å². The zero-order valence-electron chi connectivity index (χ0n) is 12.6. The first kappa shape index (κ1) is 13.4. The van der Waals surface area contributed by atoms with Crippen LogP contribution < -0.4 is 10.6 Å². The van der Waals surface area contributed by atoms with Crippen molar-refractivity contribution in [1.82, 2.24) is 10.6 Å². The Balaban J connectivity index is 1.39. The van der Waals surface area contributed by atoms with E-state index in [9.17, 15) is 4.79 Å². The molecule has 5 fully saturated rings. The van der Waals surface area contributed by atoms with Crippen molar-refractivity contribution >= 4 is 6.03 Å². The number of carbonyl (C=O) groups excluding carboxylic acids is 1. The molecule has 21 heavy (non-hydrogen) atoms. The summed E-state index contributed by atoms with van der Waals surface area (Å²) in [6, 6.07) is 2.37. The highest BCUT2D eigenvalue weighted by molar-refractivity contribution is 5.75. The van der Waals surface area contributed by atoms with E-state index in [0.717, 1.165) is 37.0 Å². The van der Waals surface area contributed by atoms with E-state index in [0.29, 0.717) is 0 Å². The predicted octanol–water partition coefficient (Wildman–Crippen LogP) is 2.95. The van der Waals surface area contributed by atoms with Crippen LogP contribution in [-0.4, -0.2) is 17.6 Å². The number of urea groups is 1. The Bertz CT molecular complexity index is 446. The fourth-order valence-electron chi connectivity index (χ4n) is 6.00. The van der Waals surface area contributed by atoms with Gasteiger partial charge in [-0.1, -0.05) is 0 Å². The van der Waals surface area contributed by atoms with Gasteiger partial charge >= 0.3 is 6.03 Å². The van der Waals surface area contributed by atoms with E-state index < -0.39 is 0 Å². The number of nitrogens with zero attached hydrogens (tertiary/aromatic N) is 1. The van der Waals surface area contributed by atoms with Gasteiger partial charge in [-0.3, -0.25) is 0 Å². The van der Waals surface area contributed by atoms with E-state index in [1.54, 1.807) is 0 Å². The molecule has 2 unspecified atom stereocenters. The van der Waals surface area contributed by atoms with Crippen LogP contribution in [0.2, 0.25) is 0 Å². The average molecular weight is 287 g/mol. The Labute approximate surface area is 126 Å². The van der Waals surface area contributed by atoms with Gasteiger partial charge in [0.1, 0.15) is 0 Å². The second-order valence-electron chi connectivity index (χ2n) is 8.07. The van der Waals surface area contributed by atoms with Crippen LogP contribution in [0.4, 0.5) is 4.79 Å². The van der Waals surface area contributed by atoms with Gasteiger partial charge in [-0.2, -0.15) is 5.26 Å². The number of hydrogen-bond donors (Lipinski definition) is 2. The molecule has 4 heteroatoms. The molecule has 0 saturated heterocycles. The van der Waals surface area contributed by atoms with Gasteiger partial charge in [0.15, 0.2) is 0 Å².